The van der Waals surface area contributed by atoms with Crippen molar-refractivity contribution in [3.05, 3.63) is 63.3 Å². The number of hydrogen-bond donors (Lipinski definition) is 0. The summed E-state index contributed by atoms with van der Waals surface area (Å²) < 4.78 is 3.72. The van der Waals surface area contributed by atoms with Crippen molar-refractivity contribution in [2.24, 2.45) is 0 Å². The Hall–Kier alpha value is -0.730. The van der Waals surface area contributed by atoms with Crippen LogP contribution >= 0.6 is 58.4 Å². The monoisotopic (exact) mass is 408 g/mol. The van der Waals surface area contributed by atoms with Crippen LogP contribution in [0.3, 0.4) is 0 Å². The summed E-state index contributed by atoms with van der Waals surface area (Å²) in [4.78, 5) is 8.76. The molecule has 0 aliphatic rings. The topological polar surface area (TPSA) is 25.8 Å². The SMILES string of the molecule is S=c1sc(SCCc2ccccn2)c(SCCc2ccccn2)s1. The van der Waals surface area contributed by atoms with Gasteiger partial charge in [0, 0.05) is 35.3 Å². The van der Waals surface area contributed by atoms with Crippen LogP contribution in [0.4, 0.5) is 0 Å². The van der Waals surface area contributed by atoms with Crippen molar-refractivity contribution in [1.82, 2.24) is 9.97 Å². The van der Waals surface area contributed by atoms with Gasteiger partial charge in [-0.1, -0.05) is 24.4 Å². The van der Waals surface area contributed by atoms with Gasteiger partial charge in [0.15, 0.2) is 0 Å². The lowest BCUT2D eigenvalue weighted by Gasteiger charge is -2.03. The minimum atomic E-state index is 0.985. The lowest BCUT2D eigenvalue weighted by molar-refractivity contribution is 1.04. The van der Waals surface area contributed by atoms with E-state index in [0.29, 0.717) is 0 Å². The Morgan fingerprint density at radius 2 is 1.29 bits per heavy atom. The summed E-state index contributed by atoms with van der Waals surface area (Å²) >= 11 is 12.7. The van der Waals surface area contributed by atoms with E-state index in [0.717, 1.165) is 38.9 Å². The van der Waals surface area contributed by atoms with Crippen molar-refractivity contribution in [3.8, 4) is 0 Å². The Labute approximate surface area is 163 Å². The Morgan fingerprint density at radius 3 is 1.71 bits per heavy atom. The second kappa shape index (κ2) is 9.68. The van der Waals surface area contributed by atoms with Gasteiger partial charge in [-0.2, -0.15) is 0 Å². The maximum Gasteiger partial charge on any atom is 0.145 e. The van der Waals surface area contributed by atoms with E-state index in [4.69, 9.17) is 12.2 Å². The number of thioether (sulfide) groups is 2. The first-order chi connectivity index (χ1) is 11.8. The first kappa shape index (κ1) is 18.1. The summed E-state index contributed by atoms with van der Waals surface area (Å²) in [7, 11) is 0. The number of pyridine rings is 2. The molecule has 0 atom stereocenters. The second-order valence-electron chi connectivity index (χ2n) is 4.87. The van der Waals surface area contributed by atoms with E-state index < -0.39 is 0 Å². The summed E-state index contributed by atoms with van der Waals surface area (Å²) in [5.74, 6) is 2.07. The van der Waals surface area contributed by atoms with E-state index in [-0.39, 0.29) is 0 Å². The molecular weight excluding hydrogens is 393 g/mol. The van der Waals surface area contributed by atoms with Crippen molar-refractivity contribution < 1.29 is 0 Å². The number of aromatic nitrogens is 2. The van der Waals surface area contributed by atoms with Crippen molar-refractivity contribution in [3.63, 3.8) is 0 Å². The van der Waals surface area contributed by atoms with Crippen LogP contribution in [-0.4, -0.2) is 21.5 Å². The average molecular weight is 409 g/mol. The van der Waals surface area contributed by atoms with Crippen LogP contribution in [0.2, 0.25) is 0 Å². The van der Waals surface area contributed by atoms with E-state index in [1.807, 2.05) is 60.2 Å². The molecule has 0 aliphatic carbocycles. The zero-order valence-electron chi connectivity index (χ0n) is 12.9. The molecule has 7 heteroatoms. The number of nitrogens with zero attached hydrogens (tertiary/aromatic N) is 2. The average Bonchev–Trinajstić information content (AvgIpc) is 2.96. The smallest absolute Gasteiger partial charge is 0.145 e. The zero-order valence-corrected chi connectivity index (χ0v) is 17.0. The third-order valence-electron chi connectivity index (χ3n) is 3.15. The molecule has 0 saturated heterocycles. The lowest BCUT2D eigenvalue weighted by atomic mass is 10.3. The minimum Gasteiger partial charge on any atom is -0.261 e. The first-order valence-electron chi connectivity index (χ1n) is 7.50. The molecule has 0 spiro atoms. The van der Waals surface area contributed by atoms with Crippen molar-refractivity contribution in [2.75, 3.05) is 11.5 Å². The molecule has 0 unspecified atom stereocenters. The highest BCUT2D eigenvalue weighted by Gasteiger charge is 2.09. The molecule has 3 rings (SSSR count). The number of hydrogen-bond acceptors (Lipinski definition) is 7. The van der Waals surface area contributed by atoms with Gasteiger partial charge in [0.25, 0.3) is 0 Å². The summed E-state index contributed by atoms with van der Waals surface area (Å²) in [6.45, 7) is 0. The molecule has 0 fully saturated rings. The van der Waals surface area contributed by atoms with Gasteiger partial charge in [-0.25, -0.2) is 0 Å². The third kappa shape index (κ3) is 5.67. The fraction of sp³-hybridized carbons (Fsp3) is 0.235. The van der Waals surface area contributed by atoms with Gasteiger partial charge in [-0.3, -0.25) is 9.97 Å². The Balaban J connectivity index is 1.52. The maximum absolute atomic E-state index is 5.39. The molecule has 0 bridgehead atoms. The number of rotatable bonds is 8. The molecule has 0 radical (unpaired) electrons. The molecule has 3 aromatic heterocycles. The molecule has 0 aliphatic heterocycles. The Kier molecular flexibility index (Phi) is 7.29. The highest BCUT2D eigenvalue weighted by atomic mass is 32.2. The second-order valence-corrected chi connectivity index (χ2v) is 10.8. The molecule has 0 aromatic carbocycles. The highest BCUT2D eigenvalue weighted by molar-refractivity contribution is 8.05. The molecule has 2 nitrogen and oxygen atoms in total. The van der Waals surface area contributed by atoms with Crippen LogP contribution in [0.1, 0.15) is 11.4 Å². The molecule has 0 saturated carbocycles. The Morgan fingerprint density at radius 1 is 0.792 bits per heavy atom. The van der Waals surface area contributed by atoms with E-state index in [1.54, 1.807) is 22.7 Å². The first-order valence-corrected chi connectivity index (χ1v) is 11.5. The summed E-state index contributed by atoms with van der Waals surface area (Å²) in [6.07, 6.45) is 5.68. The molecular formula is C17H16N2S5. The predicted octanol–water partition coefficient (Wildman–Crippen LogP) is 6.00. The van der Waals surface area contributed by atoms with Crippen molar-refractivity contribution in [2.45, 2.75) is 21.3 Å². The van der Waals surface area contributed by atoms with Crippen LogP contribution in [0.25, 0.3) is 0 Å². The van der Waals surface area contributed by atoms with Crippen LogP contribution < -0.4 is 0 Å². The van der Waals surface area contributed by atoms with Gasteiger partial charge >= 0.3 is 0 Å². The number of aryl methyl sites for hydroxylation is 2. The van der Waals surface area contributed by atoms with E-state index in [1.165, 1.54) is 8.42 Å². The van der Waals surface area contributed by atoms with Crippen molar-refractivity contribution in [1.29, 1.82) is 0 Å². The highest BCUT2D eigenvalue weighted by Crippen LogP contribution is 2.40. The molecule has 3 heterocycles. The van der Waals surface area contributed by atoms with Gasteiger partial charge in [-0.15, -0.1) is 46.2 Å². The predicted molar refractivity (Wildman–Crippen MR) is 110 cm³/mol. The van der Waals surface area contributed by atoms with Gasteiger partial charge in [0.1, 0.15) is 3.14 Å². The summed E-state index contributed by atoms with van der Waals surface area (Å²) in [6, 6.07) is 12.2. The summed E-state index contributed by atoms with van der Waals surface area (Å²) in [5.41, 5.74) is 2.29. The minimum absolute atomic E-state index is 0.985. The Bertz CT molecular complexity index is 733. The quantitative estimate of drug-likeness (QED) is 0.336. The van der Waals surface area contributed by atoms with E-state index in [2.05, 4.69) is 22.1 Å². The zero-order chi connectivity index (χ0) is 16.6. The van der Waals surface area contributed by atoms with Crippen LogP contribution in [0, 0.1) is 3.14 Å². The van der Waals surface area contributed by atoms with Gasteiger partial charge in [0.05, 0.1) is 8.42 Å². The van der Waals surface area contributed by atoms with Crippen LogP contribution in [0.5, 0.6) is 0 Å². The standard InChI is InChI=1S/C17H16N2S5/c20-17-23-15(21-11-7-13-5-1-3-9-18-13)16(24-17)22-12-8-14-6-2-4-10-19-14/h1-6,9-10H,7-8,11-12H2. The fourth-order valence-corrected chi connectivity index (χ4v) is 8.20. The van der Waals surface area contributed by atoms with Gasteiger partial charge in [-0.05, 0) is 37.1 Å². The van der Waals surface area contributed by atoms with E-state index >= 15 is 0 Å². The molecule has 0 amide bonds. The molecule has 24 heavy (non-hydrogen) atoms. The largest absolute Gasteiger partial charge is 0.261 e. The van der Waals surface area contributed by atoms with Gasteiger partial charge in [0.2, 0.25) is 0 Å². The summed E-state index contributed by atoms with van der Waals surface area (Å²) in [5, 5.41) is 0. The van der Waals surface area contributed by atoms with Crippen molar-refractivity contribution >= 4 is 58.4 Å². The van der Waals surface area contributed by atoms with Crippen LogP contribution in [-0.2, 0) is 12.8 Å². The molecule has 3 aromatic rings. The molecule has 0 N–H and O–H groups in total. The fourth-order valence-electron chi connectivity index (χ4n) is 2.02. The lowest BCUT2D eigenvalue weighted by Crippen LogP contribution is -1.92. The third-order valence-corrected chi connectivity index (χ3v) is 8.74. The van der Waals surface area contributed by atoms with E-state index in [9.17, 15) is 0 Å². The van der Waals surface area contributed by atoms with Gasteiger partial charge < -0.3 is 0 Å². The normalized spacial score (nSPS) is 10.8. The maximum atomic E-state index is 5.39. The van der Waals surface area contributed by atoms with Crippen LogP contribution in [0.15, 0.2) is 57.2 Å². The molecule has 124 valence electrons.